The van der Waals surface area contributed by atoms with Crippen LogP contribution in [-0.2, 0) is 13.1 Å². The normalized spacial score (nSPS) is 10.4. The van der Waals surface area contributed by atoms with Gasteiger partial charge in [0.2, 0.25) is 0 Å². The van der Waals surface area contributed by atoms with Crippen molar-refractivity contribution < 1.29 is 9.90 Å². The van der Waals surface area contributed by atoms with Gasteiger partial charge in [-0.3, -0.25) is 4.68 Å². The molecule has 2 rings (SSSR count). The van der Waals surface area contributed by atoms with Crippen molar-refractivity contribution >= 4 is 27.7 Å². The summed E-state index contributed by atoms with van der Waals surface area (Å²) in [7, 11) is 0. The fourth-order valence-corrected chi connectivity index (χ4v) is 2.16. The van der Waals surface area contributed by atoms with Gasteiger partial charge in [0.1, 0.15) is 5.82 Å². The van der Waals surface area contributed by atoms with Crippen molar-refractivity contribution in [3.63, 3.8) is 0 Å². The largest absolute Gasteiger partial charge is 0.478 e. The predicted molar refractivity (Wildman–Crippen MR) is 76.3 cm³/mol. The number of carboxylic acid groups (broad SMARTS) is 1. The lowest BCUT2D eigenvalue weighted by Gasteiger charge is -2.06. The highest BCUT2D eigenvalue weighted by molar-refractivity contribution is 9.10. The van der Waals surface area contributed by atoms with Gasteiger partial charge in [-0.1, -0.05) is 22.0 Å². The molecule has 0 fully saturated rings. The van der Waals surface area contributed by atoms with Gasteiger partial charge in [-0.25, -0.2) is 4.79 Å². The van der Waals surface area contributed by atoms with Gasteiger partial charge in [-0.2, -0.15) is 5.10 Å². The van der Waals surface area contributed by atoms with Crippen molar-refractivity contribution in [1.82, 2.24) is 9.78 Å². The van der Waals surface area contributed by atoms with Crippen LogP contribution in [0.15, 0.2) is 34.9 Å². The molecule has 0 amide bonds. The Hall–Kier alpha value is -1.82. The molecule has 1 aromatic carbocycles. The van der Waals surface area contributed by atoms with Crippen LogP contribution < -0.4 is 5.32 Å². The molecule has 0 aliphatic rings. The van der Waals surface area contributed by atoms with E-state index in [-0.39, 0.29) is 5.56 Å². The smallest absolute Gasteiger partial charge is 0.335 e. The Morgan fingerprint density at radius 3 is 2.84 bits per heavy atom. The first-order chi connectivity index (χ1) is 9.10. The molecule has 100 valence electrons. The molecule has 6 heteroatoms. The quantitative estimate of drug-likeness (QED) is 0.887. The molecule has 0 atom stereocenters. The second kappa shape index (κ2) is 5.88. The van der Waals surface area contributed by atoms with Crippen molar-refractivity contribution in [3.05, 3.63) is 46.1 Å². The molecule has 0 saturated carbocycles. The highest BCUT2D eigenvalue weighted by Crippen LogP contribution is 2.20. The van der Waals surface area contributed by atoms with E-state index in [2.05, 4.69) is 26.3 Å². The van der Waals surface area contributed by atoms with E-state index in [1.807, 2.05) is 23.9 Å². The Morgan fingerprint density at radius 2 is 2.26 bits per heavy atom. The van der Waals surface area contributed by atoms with Crippen LogP contribution in [0.1, 0.15) is 22.8 Å². The van der Waals surface area contributed by atoms with Crippen LogP contribution in [0.25, 0.3) is 0 Å². The number of benzene rings is 1. The van der Waals surface area contributed by atoms with Crippen LogP contribution in [0.4, 0.5) is 5.82 Å². The second-order valence-electron chi connectivity index (χ2n) is 4.02. The van der Waals surface area contributed by atoms with E-state index in [0.29, 0.717) is 6.54 Å². The fourth-order valence-electron chi connectivity index (χ4n) is 1.64. The predicted octanol–water partition coefficient (Wildman–Crippen LogP) is 2.98. The minimum absolute atomic E-state index is 0.269. The van der Waals surface area contributed by atoms with E-state index >= 15 is 0 Å². The van der Waals surface area contributed by atoms with Crippen molar-refractivity contribution in [1.29, 1.82) is 0 Å². The summed E-state index contributed by atoms with van der Waals surface area (Å²) < 4.78 is 2.61. The third-order valence-electron chi connectivity index (χ3n) is 2.72. The fraction of sp³-hybridized carbons (Fsp3) is 0.231. The van der Waals surface area contributed by atoms with Crippen molar-refractivity contribution in [2.75, 3.05) is 5.32 Å². The number of aryl methyl sites for hydroxylation is 1. The highest BCUT2D eigenvalue weighted by Gasteiger charge is 2.07. The number of anilines is 1. The third-order valence-corrected chi connectivity index (χ3v) is 3.46. The number of aromatic carboxylic acids is 1. The van der Waals surface area contributed by atoms with Crippen molar-refractivity contribution in [3.8, 4) is 0 Å². The molecule has 2 aromatic rings. The molecule has 19 heavy (non-hydrogen) atoms. The SMILES string of the molecule is CCn1ccc(NCc2ccc(C(=O)O)cc2Br)n1. The number of hydrogen-bond donors (Lipinski definition) is 2. The van der Waals surface area contributed by atoms with Gasteiger partial charge >= 0.3 is 5.97 Å². The molecule has 0 radical (unpaired) electrons. The van der Waals surface area contributed by atoms with Gasteiger partial charge in [-0.15, -0.1) is 0 Å². The molecule has 0 aliphatic carbocycles. The summed E-state index contributed by atoms with van der Waals surface area (Å²) in [5.41, 5.74) is 1.25. The molecule has 1 aromatic heterocycles. The van der Waals surface area contributed by atoms with Gasteiger partial charge in [-0.05, 0) is 24.6 Å². The zero-order chi connectivity index (χ0) is 13.8. The Morgan fingerprint density at radius 1 is 1.47 bits per heavy atom. The number of hydrogen-bond acceptors (Lipinski definition) is 3. The minimum Gasteiger partial charge on any atom is -0.478 e. The summed E-state index contributed by atoms with van der Waals surface area (Å²) >= 11 is 3.38. The average Bonchev–Trinajstić information content (AvgIpc) is 2.85. The van der Waals surface area contributed by atoms with E-state index < -0.39 is 5.97 Å². The van der Waals surface area contributed by atoms with Gasteiger partial charge in [0.05, 0.1) is 5.56 Å². The molecule has 0 bridgehead atoms. The number of halogens is 1. The first kappa shape index (κ1) is 13.6. The van der Waals surface area contributed by atoms with Crippen LogP contribution in [-0.4, -0.2) is 20.9 Å². The molecule has 2 N–H and O–H groups in total. The number of carbonyl (C=O) groups is 1. The topological polar surface area (TPSA) is 67.2 Å². The second-order valence-corrected chi connectivity index (χ2v) is 4.88. The summed E-state index contributed by atoms with van der Waals surface area (Å²) in [6, 6.07) is 6.89. The molecule has 0 aliphatic heterocycles. The summed E-state index contributed by atoms with van der Waals surface area (Å²) in [5, 5.41) is 16.4. The minimum atomic E-state index is -0.929. The van der Waals surface area contributed by atoms with Gasteiger partial charge < -0.3 is 10.4 Å². The Kier molecular flexibility index (Phi) is 4.21. The van der Waals surface area contributed by atoms with Crippen molar-refractivity contribution in [2.45, 2.75) is 20.0 Å². The van der Waals surface area contributed by atoms with Gasteiger partial charge in [0, 0.05) is 29.8 Å². The number of nitrogens with zero attached hydrogens (tertiary/aromatic N) is 2. The molecule has 1 heterocycles. The Labute approximate surface area is 119 Å². The van der Waals surface area contributed by atoms with E-state index in [0.717, 1.165) is 22.4 Å². The maximum atomic E-state index is 10.8. The Bertz CT molecular complexity index is 595. The molecular weight excluding hydrogens is 310 g/mol. The summed E-state index contributed by atoms with van der Waals surface area (Å²) in [6.07, 6.45) is 1.91. The standard InChI is InChI=1S/C13H14BrN3O2/c1-2-17-6-5-12(16-17)15-8-10-4-3-9(13(18)19)7-11(10)14/h3-7H,2,8H2,1H3,(H,15,16)(H,18,19). The number of nitrogens with one attached hydrogen (secondary N) is 1. The maximum absolute atomic E-state index is 10.8. The molecule has 5 nitrogen and oxygen atoms in total. The number of rotatable bonds is 5. The number of aromatic nitrogens is 2. The van der Waals surface area contributed by atoms with Gasteiger partial charge in [0.25, 0.3) is 0 Å². The van der Waals surface area contributed by atoms with Crippen LogP contribution in [0, 0.1) is 0 Å². The molecule has 0 unspecified atom stereocenters. The third kappa shape index (κ3) is 3.35. The zero-order valence-corrected chi connectivity index (χ0v) is 12.0. The van der Waals surface area contributed by atoms with E-state index in [4.69, 9.17) is 5.11 Å². The molecule has 0 spiro atoms. The lowest BCUT2D eigenvalue weighted by molar-refractivity contribution is 0.0697. The monoisotopic (exact) mass is 323 g/mol. The first-order valence-corrected chi connectivity index (χ1v) is 6.68. The van der Waals surface area contributed by atoms with Crippen molar-refractivity contribution in [2.24, 2.45) is 0 Å². The average molecular weight is 324 g/mol. The Balaban J connectivity index is 2.05. The van der Waals surface area contributed by atoms with Gasteiger partial charge in [0.15, 0.2) is 0 Å². The van der Waals surface area contributed by atoms with Crippen LogP contribution in [0.5, 0.6) is 0 Å². The first-order valence-electron chi connectivity index (χ1n) is 5.89. The van der Waals surface area contributed by atoms with E-state index in [1.165, 1.54) is 0 Å². The van der Waals surface area contributed by atoms with E-state index in [1.54, 1.807) is 18.2 Å². The lowest BCUT2D eigenvalue weighted by Crippen LogP contribution is -2.04. The maximum Gasteiger partial charge on any atom is 0.335 e. The molecular formula is C13H14BrN3O2. The van der Waals surface area contributed by atoms with Crippen LogP contribution >= 0.6 is 15.9 Å². The highest BCUT2D eigenvalue weighted by atomic mass is 79.9. The summed E-state index contributed by atoms with van der Waals surface area (Å²) in [4.78, 5) is 10.8. The lowest BCUT2D eigenvalue weighted by atomic mass is 10.1. The van der Waals surface area contributed by atoms with E-state index in [9.17, 15) is 4.79 Å². The summed E-state index contributed by atoms with van der Waals surface area (Å²) in [6.45, 7) is 3.44. The van der Waals surface area contributed by atoms with Crippen LogP contribution in [0.3, 0.4) is 0 Å². The van der Waals surface area contributed by atoms with Crippen LogP contribution in [0.2, 0.25) is 0 Å². The zero-order valence-electron chi connectivity index (χ0n) is 10.4. The molecule has 0 saturated heterocycles. The summed E-state index contributed by atoms with van der Waals surface area (Å²) in [5.74, 6) is -0.127. The number of carboxylic acids is 1.